The molecule has 1 aliphatic rings. The molecule has 3 aromatic rings. The highest BCUT2D eigenvalue weighted by Gasteiger charge is 2.27. The second kappa shape index (κ2) is 12.9. The van der Waals surface area contributed by atoms with E-state index in [-0.39, 0.29) is 30.0 Å². The number of carbonyl (C=O) groups is 2. The molecule has 0 aromatic heterocycles. The fourth-order valence-electron chi connectivity index (χ4n) is 4.38. The van der Waals surface area contributed by atoms with Gasteiger partial charge < -0.3 is 24.4 Å². The highest BCUT2D eigenvalue weighted by atomic mass is 32.2. The van der Waals surface area contributed by atoms with Gasteiger partial charge in [-0.1, -0.05) is 45.0 Å². The van der Waals surface area contributed by atoms with E-state index in [9.17, 15) is 18.0 Å². The molecule has 0 atom stereocenters. The molecule has 0 fully saturated rings. The predicted octanol–water partition coefficient (Wildman–Crippen LogP) is 4.91. The molecule has 224 valence electrons. The molecule has 0 bridgehead atoms. The number of rotatable bonds is 11. The third-order valence-electron chi connectivity index (χ3n) is 6.64. The van der Waals surface area contributed by atoms with E-state index in [1.54, 1.807) is 30.2 Å². The Morgan fingerprint density at radius 3 is 2.36 bits per heavy atom. The maximum Gasteiger partial charge on any atom is 0.258 e. The number of methoxy groups -OCH3 is 1. The van der Waals surface area contributed by atoms with Gasteiger partial charge in [0.15, 0.2) is 6.79 Å². The van der Waals surface area contributed by atoms with E-state index in [4.69, 9.17) is 14.2 Å². The van der Waals surface area contributed by atoms with Crippen LogP contribution in [0.25, 0.3) is 11.1 Å². The summed E-state index contributed by atoms with van der Waals surface area (Å²) in [6.45, 7) is 6.66. The van der Waals surface area contributed by atoms with Crippen LogP contribution in [0, 0.1) is 5.41 Å². The fraction of sp³-hybridized carbons (Fsp3) is 0.355. The Hall–Kier alpha value is -3.93. The van der Waals surface area contributed by atoms with Crippen LogP contribution in [0.5, 0.6) is 5.75 Å². The number of fused-ring (bicyclic) bond motifs is 1. The van der Waals surface area contributed by atoms with Gasteiger partial charge in [0.1, 0.15) is 5.75 Å². The van der Waals surface area contributed by atoms with Crippen LogP contribution < -0.4 is 19.7 Å². The summed E-state index contributed by atoms with van der Waals surface area (Å²) in [6, 6.07) is 18.3. The highest BCUT2D eigenvalue weighted by Crippen LogP contribution is 2.34. The molecule has 1 aliphatic heterocycles. The van der Waals surface area contributed by atoms with Gasteiger partial charge in [-0.25, -0.2) is 8.42 Å². The summed E-state index contributed by atoms with van der Waals surface area (Å²) in [5.74, 6) is 0.0467. The van der Waals surface area contributed by atoms with E-state index >= 15 is 0 Å². The molecule has 0 saturated heterocycles. The van der Waals surface area contributed by atoms with Crippen molar-refractivity contribution in [3.05, 3.63) is 71.8 Å². The van der Waals surface area contributed by atoms with Crippen molar-refractivity contribution in [1.29, 1.82) is 0 Å². The summed E-state index contributed by atoms with van der Waals surface area (Å²) in [5, 5.41) is 2.93. The van der Waals surface area contributed by atoms with E-state index in [1.807, 2.05) is 63.2 Å². The molecule has 2 amide bonds. The summed E-state index contributed by atoms with van der Waals surface area (Å²) < 4.78 is 42.4. The van der Waals surface area contributed by atoms with Crippen LogP contribution in [0.15, 0.2) is 60.7 Å². The van der Waals surface area contributed by atoms with E-state index < -0.39 is 15.4 Å². The number of hydrogen-bond donors (Lipinski definition) is 2. The van der Waals surface area contributed by atoms with Crippen molar-refractivity contribution in [2.45, 2.75) is 27.2 Å². The molecular formula is C31H37N3O7S. The zero-order valence-corrected chi connectivity index (χ0v) is 25.3. The number of nitrogens with zero attached hydrogens (tertiary/aromatic N) is 1. The Labute approximate surface area is 247 Å². The summed E-state index contributed by atoms with van der Waals surface area (Å²) in [7, 11) is -2.05. The average molecular weight is 596 g/mol. The zero-order chi connectivity index (χ0) is 30.5. The van der Waals surface area contributed by atoms with Gasteiger partial charge in [0, 0.05) is 36.0 Å². The molecule has 0 saturated carbocycles. The Morgan fingerprint density at radius 2 is 1.69 bits per heavy atom. The van der Waals surface area contributed by atoms with Crippen LogP contribution in [0.1, 0.15) is 36.7 Å². The Kier molecular flexibility index (Phi) is 9.55. The van der Waals surface area contributed by atoms with Crippen molar-refractivity contribution in [1.82, 2.24) is 0 Å². The van der Waals surface area contributed by atoms with Crippen LogP contribution >= 0.6 is 0 Å². The molecule has 11 heteroatoms. The minimum absolute atomic E-state index is 0.0551. The lowest BCUT2D eigenvalue weighted by Gasteiger charge is -2.29. The summed E-state index contributed by atoms with van der Waals surface area (Å²) in [4.78, 5) is 27.4. The first-order valence-corrected chi connectivity index (χ1v) is 15.4. The third kappa shape index (κ3) is 7.87. The van der Waals surface area contributed by atoms with Gasteiger partial charge in [-0.15, -0.1) is 0 Å². The summed E-state index contributed by atoms with van der Waals surface area (Å²) in [5.41, 5.74) is 4.45. The first-order chi connectivity index (χ1) is 19.9. The van der Waals surface area contributed by atoms with Crippen molar-refractivity contribution in [2.75, 3.05) is 54.9 Å². The molecule has 2 N–H and O–H groups in total. The van der Waals surface area contributed by atoms with Gasteiger partial charge in [0.05, 0.1) is 25.2 Å². The number of benzene rings is 3. The number of sulfonamides is 1. The van der Waals surface area contributed by atoms with Gasteiger partial charge in [0.2, 0.25) is 15.9 Å². The molecule has 3 aromatic carbocycles. The average Bonchev–Trinajstić information content (AvgIpc) is 2.93. The molecule has 0 aliphatic carbocycles. The van der Waals surface area contributed by atoms with Crippen molar-refractivity contribution in [3.8, 4) is 16.9 Å². The SMILES string of the molecule is COCCOCOc1ccc(N2CCc3cc(-c4ccc(NC(=O)C(C)(C)C)cc4)ccc3C2=O)cc1NS(C)(=O)=O. The molecule has 10 nitrogen and oxygen atoms in total. The van der Waals surface area contributed by atoms with Crippen molar-refractivity contribution < 1.29 is 32.2 Å². The smallest absolute Gasteiger partial charge is 0.258 e. The molecule has 0 unspecified atom stereocenters. The van der Waals surface area contributed by atoms with E-state index in [0.29, 0.717) is 37.4 Å². The number of carbonyl (C=O) groups excluding carboxylic acids is 2. The molecule has 0 radical (unpaired) electrons. The maximum atomic E-state index is 13.5. The lowest BCUT2D eigenvalue weighted by Crippen LogP contribution is -2.37. The van der Waals surface area contributed by atoms with E-state index in [2.05, 4.69) is 10.0 Å². The second-order valence-corrected chi connectivity index (χ2v) is 12.8. The lowest BCUT2D eigenvalue weighted by atomic mass is 9.93. The van der Waals surface area contributed by atoms with Gasteiger partial charge in [0.25, 0.3) is 5.91 Å². The quantitative estimate of drug-likeness (QED) is 0.238. The number of ether oxygens (including phenoxy) is 3. The van der Waals surface area contributed by atoms with Gasteiger partial charge in [-0.05, 0) is 59.5 Å². The largest absolute Gasteiger partial charge is 0.465 e. The van der Waals surface area contributed by atoms with Gasteiger partial charge in [-0.3, -0.25) is 14.3 Å². The molecule has 0 spiro atoms. The third-order valence-corrected chi connectivity index (χ3v) is 7.23. The van der Waals surface area contributed by atoms with Crippen molar-refractivity contribution >= 4 is 38.9 Å². The number of amides is 2. The Bertz CT molecular complexity index is 1550. The molecular weight excluding hydrogens is 558 g/mol. The standard InChI is InChI=1S/C31H37N3O7S/c1-31(2,3)30(36)32-24-9-6-21(7-10-24)22-8-12-26-23(18-22)14-15-34(29(26)35)25-11-13-28(41-20-40-17-16-39-4)27(19-25)33-42(5,37)38/h6-13,18-19,33H,14-17,20H2,1-5H3,(H,32,36). The minimum atomic E-state index is -3.61. The first kappa shape index (κ1) is 31.0. The van der Waals surface area contributed by atoms with Gasteiger partial charge in [-0.2, -0.15) is 0 Å². The first-order valence-electron chi connectivity index (χ1n) is 13.5. The summed E-state index contributed by atoms with van der Waals surface area (Å²) in [6.07, 6.45) is 1.67. The highest BCUT2D eigenvalue weighted by molar-refractivity contribution is 7.92. The number of nitrogens with one attached hydrogen (secondary N) is 2. The normalized spacial score (nSPS) is 13.5. The van der Waals surface area contributed by atoms with Crippen LogP contribution in [0.3, 0.4) is 0 Å². The van der Waals surface area contributed by atoms with E-state index in [1.165, 1.54) is 0 Å². The fourth-order valence-corrected chi connectivity index (χ4v) is 4.94. The van der Waals surface area contributed by atoms with Crippen molar-refractivity contribution in [2.24, 2.45) is 5.41 Å². The Balaban J connectivity index is 1.51. The monoisotopic (exact) mass is 595 g/mol. The summed E-state index contributed by atoms with van der Waals surface area (Å²) >= 11 is 0. The topological polar surface area (TPSA) is 123 Å². The maximum absolute atomic E-state index is 13.5. The van der Waals surface area contributed by atoms with Gasteiger partial charge >= 0.3 is 0 Å². The Morgan fingerprint density at radius 1 is 0.976 bits per heavy atom. The second-order valence-electron chi connectivity index (χ2n) is 11.1. The lowest BCUT2D eigenvalue weighted by molar-refractivity contribution is -0.123. The molecule has 42 heavy (non-hydrogen) atoms. The number of hydrogen-bond acceptors (Lipinski definition) is 7. The van der Waals surface area contributed by atoms with E-state index in [0.717, 1.165) is 28.6 Å². The van der Waals surface area contributed by atoms with Crippen LogP contribution in [-0.4, -0.2) is 60.1 Å². The minimum Gasteiger partial charge on any atom is -0.465 e. The predicted molar refractivity (Wildman–Crippen MR) is 164 cm³/mol. The van der Waals surface area contributed by atoms with Crippen molar-refractivity contribution in [3.63, 3.8) is 0 Å². The molecule has 4 rings (SSSR count). The molecule has 1 heterocycles. The number of anilines is 3. The van der Waals surface area contributed by atoms with Crippen LogP contribution in [0.2, 0.25) is 0 Å². The zero-order valence-electron chi connectivity index (χ0n) is 24.5. The van der Waals surface area contributed by atoms with Crippen LogP contribution in [0.4, 0.5) is 17.1 Å². The van der Waals surface area contributed by atoms with Crippen LogP contribution in [-0.2, 0) is 30.7 Å².